The van der Waals surface area contributed by atoms with Gasteiger partial charge in [-0.3, -0.25) is 0 Å². The molecule has 0 fully saturated rings. The molecule has 5 aromatic carbocycles. The molecule has 0 N–H and O–H groups in total. The van der Waals surface area contributed by atoms with Crippen LogP contribution in [0, 0.1) is 0 Å². The van der Waals surface area contributed by atoms with Gasteiger partial charge in [-0.15, -0.1) is 0 Å². The van der Waals surface area contributed by atoms with E-state index in [-0.39, 0.29) is 0 Å². The summed E-state index contributed by atoms with van der Waals surface area (Å²) in [6.07, 6.45) is 5.79. The molecule has 172 valence electrons. The van der Waals surface area contributed by atoms with Crippen molar-refractivity contribution in [1.29, 1.82) is 0 Å². The number of nitrogens with zero attached hydrogens (tertiary/aromatic N) is 1. The Labute approximate surface area is 211 Å². The van der Waals surface area contributed by atoms with Crippen molar-refractivity contribution in [2.24, 2.45) is 0 Å². The molecule has 0 bridgehead atoms. The van der Waals surface area contributed by atoms with E-state index in [1.54, 1.807) is 0 Å². The molecule has 6 rings (SSSR count). The van der Waals surface area contributed by atoms with Crippen molar-refractivity contribution >= 4 is 44.4 Å². The molecule has 0 aliphatic heterocycles. The summed E-state index contributed by atoms with van der Waals surface area (Å²) in [6.45, 7) is 4.04. The summed E-state index contributed by atoms with van der Waals surface area (Å²) < 4.78 is 6.09. The maximum atomic E-state index is 6.09. The molecular weight excluding hydrogens is 438 g/mol. The number of furan rings is 1. The van der Waals surface area contributed by atoms with E-state index in [0.717, 1.165) is 44.7 Å². The van der Waals surface area contributed by atoms with Crippen LogP contribution in [0.25, 0.3) is 27.3 Å². The lowest BCUT2D eigenvalue weighted by Crippen LogP contribution is -2.12. The fourth-order valence-corrected chi connectivity index (χ4v) is 4.84. The Hall–Kier alpha value is -4.82. The van der Waals surface area contributed by atoms with E-state index in [1.807, 2.05) is 24.5 Å². The Kier molecular flexibility index (Phi) is 5.69. The Bertz CT molecular complexity index is 1650. The van der Waals surface area contributed by atoms with Gasteiger partial charge in [-0.25, -0.2) is 0 Å². The lowest BCUT2D eigenvalue weighted by molar-refractivity contribution is 0.615. The highest BCUT2D eigenvalue weighted by Gasteiger charge is 2.20. The van der Waals surface area contributed by atoms with Gasteiger partial charge in [0.15, 0.2) is 0 Å². The van der Waals surface area contributed by atoms with Crippen molar-refractivity contribution < 1.29 is 4.42 Å². The summed E-state index contributed by atoms with van der Waals surface area (Å²) in [6, 6.07) is 42.2. The summed E-state index contributed by atoms with van der Waals surface area (Å²) in [4.78, 5) is 2.30. The molecule has 0 aliphatic rings. The van der Waals surface area contributed by atoms with E-state index in [2.05, 4.69) is 127 Å². The number of allylic oxidation sites excluding steroid dienone is 2. The first-order valence-electron chi connectivity index (χ1n) is 12.1. The molecule has 0 atom stereocenters. The number of rotatable bonds is 6. The van der Waals surface area contributed by atoms with Crippen LogP contribution in [0.5, 0.6) is 0 Å². The average Bonchev–Trinajstić information content (AvgIpc) is 3.34. The molecule has 2 heteroatoms. The molecule has 36 heavy (non-hydrogen) atoms. The molecule has 0 unspecified atom stereocenters. The van der Waals surface area contributed by atoms with Gasteiger partial charge in [0.25, 0.3) is 0 Å². The number of anilines is 3. The third-order valence-electron chi connectivity index (χ3n) is 6.48. The summed E-state index contributed by atoms with van der Waals surface area (Å²) in [5.74, 6) is 0. The zero-order valence-electron chi connectivity index (χ0n) is 19.8. The predicted molar refractivity (Wildman–Crippen MR) is 152 cm³/mol. The molecule has 0 saturated heterocycles. The molecule has 1 heterocycles. The normalized spacial score (nSPS) is 11.6. The summed E-state index contributed by atoms with van der Waals surface area (Å²) in [7, 11) is 0. The smallest absolute Gasteiger partial charge is 0.135 e. The zero-order chi connectivity index (χ0) is 24.3. The van der Waals surface area contributed by atoms with Crippen LogP contribution in [0.15, 0.2) is 151 Å². The summed E-state index contributed by atoms with van der Waals surface area (Å²) in [5, 5.41) is 3.44. The summed E-state index contributed by atoms with van der Waals surface area (Å²) >= 11 is 0. The Balaban J connectivity index is 1.58. The van der Waals surface area contributed by atoms with Crippen molar-refractivity contribution in [2.45, 2.75) is 0 Å². The second-order valence-electron chi connectivity index (χ2n) is 8.68. The quantitative estimate of drug-likeness (QED) is 0.229. The van der Waals surface area contributed by atoms with E-state index in [0.29, 0.717) is 0 Å². The zero-order valence-corrected chi connectivity index (χ0v) is 19.8. The van der Waals surface area contributed by atoms with Crippen molar-refractivity contribution in [3.63, 3.8) is 0 Å². The highest BCUT2D eigenvalue weighted by atomic mass is 16.3. The lowest BCUT2D eigenvalue weighted by atomic mass is 9.94. The Morgan fingerprint density at radius 3 is 1.89 bits per heavy atom. The van der Waals surface area contributed by atoms with Crippen LogP contribution in [-0.4, -0.2) is 0 Å². The molecule has 1 aromatic heterocycles. The van der Waals surface area contributed by atoms with Gasteiger partial charge in [-0.05, 0) is 58.8 Å². The van der Waals surface area contributed by atoms with E-state index >= 15 is 0 Å². The lowest BCUT2D eigenvalue weighted by Gasteiger charge is -2.28. The van der Waals surface area contributed by atoms with Crippen molar-refractivity contribution in [2.75, 3.05) is 4.90 Å². The second kappa shape index (κ2) is 9.44. The molecule has 2 nitrogen and oxygen atoms in total. The van der Waals surface area contributed by atoms with E-state index < -0.39 is 0 Å². The Morgan fingerprint density at radius 2 is 1.22 bits per heavy atom. The van der Waals surface area contributed by atoms with Crippen LogP contribution in [-0.2, 0) is 0 Å². The van der Waals surface area contributed by atoms with Crippen LogP contribution in [0.3, 0.4) is 0 Å². The van der Waals surface area contributed by atoms with E-state index in [9.17, 15) is 0 Å². The highest BCUT2D eigenvalue weighted by Crippen LogP contribution is 2.42. The van der Waals surface area contributed by atoms with Gasteiger partial charge in [-0.2, -0.15) is 0 Å². The number of para-hydroxylation sites is 3. The van der Waals surface area contributed by atoms with Gasteiger partial charge in [0.2, 0.25) is 0 Å². The van der Waals surface area contributed by atoms with Gasteiger partial charge in [0.05, 0.1) is 12.0 Å². The van der Waals surface area contributed by atoms with E-state index in [4.69, 9.17) is 4.42 Å². The maximum absolute atomic E-state index is 6.09. The van der Waals surface area contributed by atoms with Crippen LogP contribution >= 0.6 is 0 Å². The average molecular weight is 464 g/mol. The van der Waals surface area contributed by atoms with Crippen LogP contribution in [0.1, 0.15) is 11.1 Å². The first kappa shape index (κ1) is 21.7. The van der Waals surface area contributed by atoms with Gasteiger partial charge < -0.3 is 9.32 Å². The topological polar surface area (TPSA) is 16.4 Å². The Morgan fingerprint density at radius 1 is 0.639 bits per heavy atom. The number of fused-ring (bicyclic) bond motifs is 2. The fraction of sp³-hybridized carbons (Fsp3) is 0. The minimum atomic E-state index is 0.874. The largest absolute Gasteiger partial charge is 0.464 e. The third kappa shape index (κ3) is 3.89. The van der Waals surface area contributed by atoms with E-state index in [1.165, 1.54) is 10.8 Å². The molecular formula is C34H25NO. The number of hydrogen-bond acceptors (Lipinski definition) is 2. The molecule has 0 aliphatic carbocycles. The van der Waals surface area contributed by atoms with Crippen LogP contribution in [0.2, 0.25) is 0 Å². The van der Waals surface area contributed by atoms with Gasteiger partial charge >= 0.3 is 0 Å². The molecule has 0 amide bonds. The molecule has 0 saturated carbocycles. The maximum Gasteiger partial charge on any atom is 0.135 e. The van der Waals surface area contributed by atoms with Crippen molar-refractivity contribution in [3.05, 3.63) is 157 Å². The fourth-order valence-electron chi connectivity index (χ4n) is 4.84. The molecule has 6 aromatic rings. The minimum absolute atomic E-state index is 0.874. The van der Waals surface area contributed by atoms with Crippen molar-refractivity contribution in [1.82, 2.24) is 0 Å². The van der Waals surface area contributed by atoms with Gasteiger partial charge in [0, 0.05) is 27.9 Å². The highest BCUT2D eigenvalue weighted by molar-refractivity contribution is 6.04. The van der Waals surface area contributed by atoms with Crippen LogP contribution < -0.4 is 4.90 Å². The first-order valence-corrected chi connectivity index (χ1v) is 12.1. The van der Waals surface area contributed by atoms with Gasteiger partial charge in [0.1, 0.15) is 5.58 Å². The van der Waals surface area contributed by atoms with Gasteiger partial charge in [-0.1, -0.05) is 97.6 Å². The molecule has 0 spiro atoms. The SMILES string of the molecule is C=C/C=C(/c1ccccc1N(c1ccccc1)c1ccccc1)c1coc2cc3ccccc3cc12. The monoisotopic (exact) mass is 463 g/mol. The third-order valence-corrected chi connectivity index (χ3v) is 6.48. The number of benzene rings is 5. The predicted octanol–water partition coefficient (Wildman–Crippen LogP) is 9.67. The summed E-state index contributed by atoms with van der Waals surface area (Å²) in [5.41, 5.74) is 7.35. The molecule has 0 radical (unpaired) electrons. The number of hydrogen-bond donors (Lipinski definition) is 0. The van der Waals surface area contributed by atoms with Crippen molar-refractivity contribution in [3.8, 4) is 0 Å². The second-order valence-corrected chi connectivity index (χ2v) is 8.68. The van der Waals surface area contributed by atoms with Crippen LogP contribution in [0.4, 0.5) is 17.1 Å². The first-order chi connectivity index (χ1) is 17.8. The minimum Gasteiger partial charge on any atom is -0.464 e. The standard InChI is InChI=1S/C34H25NO/c1-2-13-29(32-24-36-34-23-26-15-10-9-14-25(26)22-31(32)34)30-20-11-12-21-33(30)35(27-16-5-3-6-17-27)28-18-7-4-8-19-28/h2-24H,1H2/b29-13-.